The summed E-state index contributed by atoms with van der Waals surface area (Å²) >= 11 is 1.74. The third-order valence-electron chi connectivity index (χ3n) is 3.80. The van der Waals surface area contributed by atoms with E-state index < -0.39 is 0 Å². The van der Waals surface area contributed by atoms with Gasteiger partial charge in [-0.3, -0.25) is 4.90 Å². The van der Waals surface area contributed by atoms with Gasteiger partial charge in [0.25, 0.3) is 0 Å². The van der Waals surface area contributed by atoms with E-state index >= 15 is 0 Å². The van der Waals surface area contributed by atoms with E-state index in [1.165, 1.54) is 4.88 Å². The van der Waals surface area contributed by atoms with E-state index in [1.54, 1.807) is 11.3 Å². The Kier molecular flexibility index (Phi) is 6.48. The number of rotatable bonds is 6. The maximum atomic E-state index is 11.9. The van der Waals surface area contributed by atoms with Crippen LogP contribution in [-0.4, -0.2) is 49.8 Å². The summed E-state index contributed by atoms with van der Waals surface area (Å²) in [7, 11) is 0. The minimum atomic E-state index is -0.0841. The smallest absolute Gasteiger partial charge is 0.315 e. The van der Waals surface area contributed by atoms with Crippen molar-refractivity contribution in [1.82, 2.24) is 15.5 Å². The maximum absolute atomic E-state index is 11.9. The van der Waals surface area contributed by atoms with Crippen LogP contribution >= 0.6 is 11.3 Å². The molecule has 1 aliphatic rings. The van der Waals surface area contributed by atoms with E-state index in [0.29, 0.717) is 6.54 Å². The molecule has 2 rings (SSSR count). The van der Waals surface area contributed by atoms with Crippen molar-refractivity contribution in [2.24, 2.45) is 0 Å². The molecule has 2 N–H and O–H groups in total. The van der Waals surface area contributed by atoms with Crippen molar-refractivity contribution in [1.29, 1.82) is 0 Å². The molecule has 2 atom stereocenters. The Morgan fingerprint density at radius 1 is 1.48 bits per heavy atom. The molecule has 1 aliphatic heterocycles. The van der Waals surface area contributed by atoms with Crippen molar-refractivity contribution in [2.45, 2.75) is 32.4 Å². The number of carbonyl (C=O) groups excluding carboxylic acids is 1. The fourth-order valence-corrected chi connectivity index (χ4v) is 3.21. The van der Waals surface area contributed by atoms with Gasteiger partial charge in [-0.15, -0.1) is 11.3 Å². The highest BCUT2D eigenvalue weighted by Crippen LogP contribution is 2.25. The molecule has 0 aromatic carbocycles. The second kappa shape index (κ2) is 8.36. The summed E-state index contributed by atoms with van der Waals surface area (Å²) in [5, 5.41) is 8.04. The molecule has 2 amide bonds. The zero-order valence-electron chi connectivity index (χ0n) is 12.8. The molecule has 118 valence electrons. The Morgan fingerprint density at radius 3 is 2.86 bits per heavy atom. The molecular formula is C15H25N3O2S. The second-order valence-corrected chi connectivity index (χ2v) is 6.32. The van der Waals surface area contributed by atoms with Gasteiger partial charge >= 0.3 is 6.03 Å². The maximum Gasteiger partial charge on any atom is 0.315 e. The Bertz CT molecular complexity index is 419. The predicted octanol–water partition coefficient (Wildman–Crippen LogP) is 2.22. The van der Waals surface area contributed by atoms with E-state index in [1.807, 2.05) is 6.92 Å². The standard InChI is InChI=1S/C15H25N3O2S/c1-3-12(2)17-15(19)16-11-13(14-5-4-10-21-14)18-6-8-20-9-7-18/h4-5,10,12-13H,3,6-9,11H2,1-2H3,(H2,16,17,19)/t12-,13+/m0/s1. The average Bonchev–Trinajstić information content (AvgIpc) is 3.02. The van der Waals surface area contributed by atoms with E-state index in [4.69, 9.17) is 4.74 Å². The molecule has 0 saturated carbocycles. The number of amides is 2. The number of nitrogens with zero attached hydrogens (tertiary/aromatic N) is 1. The van der Waals surface area contributed by atoms with Crippen molar-refractivity contribution < 1.29 is 9.53 Å². The van der Waals surface area contributed by atoms with E-state index in [0.717, 1.165) is 32.7 Å². The van der Waals surface area contributed by atoms with Gasteiger partial charge < -0.3 is 15.4 Å². The molecular weight excluding hydrogens is 286 g/mol. The number of urea groups is 1. The Labute approximate surface area is 130 Å². The van der Waals surface area contributed by atoms with Crippen LogP contribution in [0.3, 0.4) is 0 Å². The Balaban J connectivity index is 1.91. The quantitative estimate of drug-likeness (QED) is 0.847. The first kappa shape index (κ1) is 16.3. The fourth-order valence-electron chi connectivity index (χ4n) is 2.35. The van der Waals surface area contributed by atoms with Crippen molar-refractivity contribution >= 4 is 17.4 Å². The molecule has 1 aromatic rings. The average molecular weight is 311 g/mol. The molecule has 1 fully saturated rings. The molecule has 2 heterocycles. The number of carbonyl (C=O) groups is 1. The van der Waals surface area contributed by atoms with Gasteiger partial charge in [0.2, 0.25) is 0 Å². The summed E-state index contributed by atoms with van der Waals surface area (Å²) in [6.07, 6.45) is 0.936. The summed E-state index contributed by atoms with van der Waals surface area (Å²) in [5.74, 6) is 0. The number of thiophene rings is 1. The van der Waals surface area contributed by atoms with Gasteiger partial charge in [0, 0.05) is 30.6 Å². The molecule has 5 nitrogen and oxygen atoms in total. The zero-order chi connectivity index (χ0) is 15.1. The van der Waals surface area contributed by atoms with Gasteiger partial charge in [0.05, 0.1) is 19.3 Å². The number of morpholine rings is 1. The van der Waals surface area contributed by atoms with E-state index in [-0.39, 0.29) is 18.1 Å². The normalized spacial score (nSPS) is 19.0. The van der Waals surface area contributed by atoms with Crippen molar-refractivity contribution in [3.05, 3.63) is 22.4 Å². The molecule has 21 heavy (non-hydrogen) atoms. The first-order chi connectivity index (χ1) is 10.2. The van der Waals surface area contributed by atoms with Gasteiger partial charge in [0.1, 0.15) is 0 Å². The highest BCUT2D eigenvalue weighted by atomic mass is 32.1. The Hall–Kier alpha value is -1.11. The minimum Gasteiger partial charge on any atom is -0.379 e. The molecule has 0 radical (unpaired) electrons. The van der Waals surface area contributed by atoms with Crippen LogP contribution in [-0.2, 0) is 4.74 Å². The summed E-state index contributed by atoms with van der Waals surface area (Å²) in [5.41, 5.74) is 0. The van der Waals surface area contributed by atoms with Crippen molar-refractivity contribution in [3.63, 3.8) is 0 Å². The van der Waals surface area contributed by atoms with Gasteiger partial charge in [-0.05, 0) is 24.8 Å². The topological polar surface area (TPSA) is 53.6 Å². The second-order valence-electron chi connectivity index (χ2n) is 5.34. The third-order valence-corrected chi connectivity index (χ3v) is 4.78. The number of ether oxygens (including phenoxy) is 1. The lowest BCUT2D eigenvalue weighted by molar-refractivity contribution is 0.0174. The van der Waals surface area contributed by atoms with Crippen molar-refractivity contribution in [2.75, 3.05) is 32.8 Å². The van der Waals surface area contributed by atoms with Crippen LogP contribution in [0.15, 0.2) is 17.5 Å². The monoisotopic (exact) mass is 311 g/mol. The van der Waals surface area contributed by atoms with E-state index in [2.05, 4.69) is 40.0 Å². The summed E-state index contributed by atoms with van der Waals surface area (Å²) in [6, 6.07) is 4.55. The van der Waals surface area contributed by atoms with Gasteiger partial charge in [-0.25, -0.2) is 4.79 Å². The minimum absolute atomic E-state index is 0.0841. The highest BCUT2D eigenvalue weighted by Gasteiger charge is 2.23. The number of hydrogen-bond acceptors (Lipinski definition) is 4. The first-order valence-corrected chi connectivity index (χ1v) is 8.48. The van der Waals surface area contributed by atoms with Crippen LogP contribution in [0, 0.1) is 0 Å². The lowest BCUT2D eigenvalue weighted by atomic mass is 10.2. The lowest BCUT2D eigenvalue weighted by Crippen LogP contribution is -2.46. The van der Waals surface area contributed by atoms with Crippen molar-refractivity contribution in [3.8, 4) is 0 Å². The van der Waals surface area contributed by atoms with Crippen LogP contribution in [0.4, 0.5) is 4.79 Å². The van der Waals surface area contributed by atoms with Gasteiger partial charge in [0.15, 0.2) is 0 Å². The van der Waals surface area contributed by atoms with Crippen LogP contribution in [0.25, 0.3) is 0 Å². The van der Waals surface area contributed by atoms with Crippen LogP contribution < -0.4 is 10.6 Å². The Morgan fingerprint density at radius 2 is 2.24 bits per heavy atom. The highest BCUT2D eigenvalue weighted by molar-refractivity contribution is 7.10. The molecule has 0 aliphatic carbocycles. The molecule has 0 bridgehead atoms. The molecule has 1 aromatic heterocycles. The first-order valence-electron chi connectivity index (χ1n) is 7.60. The molecule has 1 saturated heterocycles. The van der Waals surface area contributed by atoms with E-state index in [9.17, 15) is 4.79 Å². The largest absolute Gasteiger partial charge is 0.379 e. The van der Waals surface area contributed by atoms with Gasteiger partial charge in [-0.1, -0.05) is 13.0 Å². The third kappa shape index (κ3) is 4.98. The van der Waals surface area contributed by atoms with Gasteiger partial charge in [-0.2, -0.15) is 0 Å². The summed E-state index contributed by atoms with van der Waals surface area (Å²) in [6.45, 7) is 8.06. The molecule has 0 unspecified atom stereocenters. The zero-order valence-corrected chi connectivity index (χ0v) is 13.6. The molecule has 0 spiro atoms. The van der Waals surface area contributed by atoms with Crippen LogP contribution in [0.5, 0.6) is 0 Å². The van der Waals surface area contributed by atoms with Crippen LogP contribution in [0.2, 0.25) is 0 Å². The number of nitrogens with one attached hydrogen (secondary N) is 2. The summed E-state index contributed by atoms with van der Waals surface area (Å²) in [4.78, 5) is 15.6. The lowest BCUT2D eigenvalue weighted by Gasteiger charge is -2.34. The van der Waals surface area contributed by atoms with Crippen LogP contribution in [0.1, 0.15) is 31.2 Å². The summed E-state index contributed by atoms with van der Waals surface area (Å²) < 4.78 is 5.42. The number of hydrogen-bond donors (Lipinski definition) is 2. The SMILES string of the molecule is CC[C@H](C)NC(=O)NC[C@H](c1cccs1)N1CCOCC1. The molecule has 6 heteroatoms. The fraction of sp³-hybridized carbons (Fsp3) is 0.667. The predicted molar refractivity (Wildman–Crippen MR) is 85.7 cm³/mol.